The molecule has 7 heteroatoms. The molecule has 0 spiro atoms. The third kappa shape index (κ3) is 10.0. The number of carbonyl (C=O) groups excluding carboxylic acids is 2. The third-order valence-corrected chi connectivity index (χ3v) is 7.22. The Morgan fingerprint density at radius 3 is 2.07 bits per heavy atom. The minimum absolute atomic E-state index is 0.351. The predicted molar refractivity (Wildman–Crippen MR) is 163 cm³/mol. The lowest BCUT2D eigenvalue weighted by molar-refractivity contribution is -0.128. The zero-order chi connectivity index (χ0) is 28.9. The van der Waals surface area contributed by atoms with Crippen molar-refractivity contribution in [3.63, 3.8) is 0 Å². The second-order valence-electron chi connectivity index (χ2n) is 10.5. The van der Waals surface area contributed by atoms with Gasteiger partial charge in [0.2, 0.25) is 0 Å². The number of rotatable bonds is 13. The summed E-state index contributed by atoms with van der Waals surface area (Å²) in [5, 5.41) is 0. The number of carbonyl (C=O) groups is 2. The molecular weight excluding hydrogens is 516 g/mol. The Labute approximate surface area is 242 Å². The number of nitrogen functional groups attached to an aromatic ring is 2. The first-order valence-electron chi connectivity index (χ1n) is 14.5. The molecule has 4 rings (SSSR count). The van der Waals surface area contributed by atoms with Crippen LogP contribution in [0.3, 0.4) is 0 Å². The zero-order valence-electron chi connectivity index (χ0n) is 23.6. The van der Waals surface area contributed by atoms with E-state index in [-0.39, 0.29) is 0 Å². The van der Waals surface area contributed by atoms with Crippen LogP contribution in [0.5, 0.6) is 11.5 Å². The molecule has 0 aromatic heterocycles. The van der Waals surface area contributed by atoms with Crippen LogP contribution in [0, 0.1) is 0 Å². The molecule has 1 saturated carbocycles. The number of esters is 2. The highest BCUT2D eigenvalue weighted by Crippen LogP contribution is 2.33. The molecule has 216 valence electrons. The summed E-state index contributed by atoms with van der Waals surface area (Å²) < 4.78 is 16.6. The Kier molecular flexibility index (Phi) is 11.2. The van der Waals surface area contributed by atoms with Gasteiger partial charge in [0.15, 0.2) is 0 Å². The monoisotopic (exact) mass is 556 g/mol. The fraction of sp³-hybridized carbons (Fsp3) is 0.353. The second kappa shape index (κ2) is 15.5. The van der Waals surface area contributed by atoms with Crippen molar-refractivity contribution in [2.75, 3.05) is 24.7 Å². The van der Waals surface area contributed by atoms with Gasteiger partial charge in [-0.3, -0.25) is 0 Å². The summed E-state index contributed by atoms with van der Waals surface area (Å²) in [6.07, 6.45) is 13.2. The van der Waals surface area contributed by atoms with Crippen LogP contribution < -0.4 is 20.9 Å². The number of anilines is 2. The summed E-state index contributed by atoms with van der Waals surface area (Å²) in [5.41, 5.74) is 14.9. The van der Waals surface area contributed by atoms with E-state index in [2.05, 4.69) is 12.1 Å². The first kappa shape index (κ1) is 29.7. The Morgan fingerprint density at radius 2 is 1.39 bits per heavy atom. The van der Waals surface area contributed by atoms with E-state index in [1.54, 1.807) is 24.3 Å². The largest absolute Gasteiger partial charge is 0.494 e. The maximum Gasteiger partial charge on any atom is 0.338 e. The molecule has 0 radical (unpaired) electrons. The van der Waals surface area contributed by atoms with Crippen molar-refractivity contribution in [3.05, 3.63) is 89.5 Å². The lowest BCUT2D eigenvalue weighted by atomic mass is 9.84. The van der Waals surface area contributed by atoms with Gasteiger partial charge in [-0.1, -0.05) is 43.5 Å². The van der Waals surface area contributed by atoms with E-state index in [1.165, 1.54) is 43.7 Å². The zero-order valence-corrected chi connectivity index (χ0v) is 23.6. The maximum absolute atomic E-state index is 12.3. The highest BCUT2D eigenvalue weighted by molar-refractivity contribution is 5.91. The van der Waals surface area contributed by atoms with Crippen LogP contribution in [0.2, 0.25) is 0 Å². The van der Waals surface area contributed by atoms with Crippen molar-refractivity contribution in [2.45, 2.75) is 63.7 Å². The number of hydrogen-bond donors (Lipinski definition) is 2. The van der Waals surface area contributed by atoms with Crippen LogP contribution in [0.15, 0.2) is 72.8 Å². The quantitative estimate of drug-likeness (QED) is 0.0746. The molecule has 1 fully saturated rings. The third-order valence-electron chi connectivity index (χ3n) is 7.22. The van der Waals surface area contributed by atoms with E-state index >= 15 is 0 Å². The molecule has 0 amide bonds. The highest BCUT2D eigenvalue weighted by Gasteiger charge is 2.15. The Hall–Kier alpha value is -4.26. The smallest absolute Gasteiger partial charge is 0.338 e. The minimum Gasteiger partial charge on any atom is -0.494 e. The summed E-state index contributed by atoms with van der Waals surface area (Å²) >= 11 is 0. The number of benzene rings is 3. The van der Waals surface area contributed by atoms with Crippen molar-refractivity contribution >= 4 is 29.4 Å². The average molecular weight is 557 g/mol. The van der Waals surface area contributed by atoms with E-state index in [1.807, 2.05) is 36.4 Å². The molecule has 4 N–H and O–H groups in total. The van der Waals surface area contributed by atoms with Crippen molar-refractivity contribution in [1.82, 2.24) is 0 Å². The van der Waals surface area contributed by atoms with Crippen molar-refractivity contribution in [3.8, 4) is 11.5 Å². The molecule has 0 heterocycles. The van der Waals surface area contributed by atoms with Crippen LogP contribution in [-0.4, -0.2) is 25.2 Å². The molecule has 3 aromatic rings. The lowest BCUT2D eigenvalue weighted by Crippen LogP contribution is -2.08. The standard InChI is InChI=1S/C34H40N2O5/c35-29-22-28(23-30(36)24-29)34(38)40-21-7-2-1-6-20-39-31-15-10-25(11-16-31)12-19-33(37)41-32-17-13-27(14-18-32)26-8-4-3-5-9-26/h10-19,22-24,26H,1-9,20-21,35-36H2. The molecule has 0 atom stereocenters. The topological polar surface area (TPSA) is 114 Å². The van der Waals surface area contributed by atoms with Crippen LogP contribution in [0.25, 0.3) is 6.08 Å². The highest BCUT2D eigenvalue weighted by atomic mass is 16.5. The van der Waals surface area contributed by atoms with Gasteiger partial charge in [0.1, 0.15) is 11.5 Å². The SMILES string of the molecule is Nc1cc(N)cc(C(=O)OCCCCCCOc2ccc(C=CC(=O)Oc3ccc(C4CCCCC4)cc3)cc2)c1. The van der Waals surface area contributed by atoms with E-state index in [0.29, 0.717) is 41.8 Å². The molecule has 0 bridgehead atoms. The summed E-state index contributed by atoms with van der Waals surface area (Å²) in [4.78, 5) is 24.4. The number of hydrogen-bond acceptors (Lipinski definition) is 7. The first-order chi connectivity index (χ1) is 20.0. The Morgan fingerprint density at radius 1 is 0.756 bits per heavy atom. The number of ether oxygens (including phenoxy) is 3. The molecule has 0 saturated heterocycles. The fourth-order valence-corrected chi connectivity index (χ4v) is 5.02. The summed E-state index contributed by atoms with van der Waals surface area (Å²) in [6, 6.07) is 20.2. The number of unbranched alkanes of at least 4 members (excludes halogenated alkanes) is 3. The molecular formula is C34H40N2O5. The van der Waals surface area contributed by atoms with E-state index in [9.17, 15) is 9.59 Å². The van der Waals surface area contributed by atoms with Crippen molar-refractivity contribution in [2.24, 2.45) is 0 Å². The molecule has 0 unspecified atom stereocenters. The molecule has 41 heavy (non-hydrogen) atoms. The Balaban J connectivity index is 1.08. The molecule has 7 nitrogen and oxygen atoms in total. The van der Waals surface area contributed by atoms with Crippen molar-refractivity contribution in [1.29, 1.82) is 0 Å². The van der Waals surface area contributed by atoms with Crippen molar-refractivity contribution < 1.29 is 23.8 Å². The molecule has 1 aliphatic rings. The van der Waals surface area contributed by atoms with Gasteiger partial charge >= 0.3 is 11.9 Å². The first-order valence-corrected chi connectivity index (χ1v) is 14.5. The fourth-order valence-electron chi connectivity index (χ4n) is 5.02. The number of nitrogens with two attached hydrogens (primary N) is 2. The van der Waals surface area contributed by atoms with Gasteiger partial charge in [0, 0.05) is 17.5 Å². The molecule has 3 aromatic carbocycles. The second-order valence-corrected chi connectivity index (χ2v) is 10.5. The van der Waals surface area contributed by atoms with Gasteiger partial charge in [-0.15, -0.1) is 0 Å². The van der Waals surface area contributed by atoms with Gasteiger partial charge in [0.25, 0.3) is 0 Å². The van der Waals surface area contributed by atoms with Gasteiger partial charge in [-0.2, -0.15) is 0 Å². The summed E-state index contributed by atoms with van der Waals surface area (Å²) in [7, 11) is 0. The van der Waals surface area contributed by atoms with Crippen LogP contribution in [0.1, 0.15) is 85.2 Å². The summed E-state index contributed by atoms with van der Waals surface area (Å²) in [5.74, 6) is 1.15. The Bertz CT molecular complexity index is 1280. The van der Waals surface area contributed by atoms with Gasteiger partial charge < -0.3 is 25.7 Å². The predicted octanol–water partition coefficient (Wildman–Crippen LogP) is 7.31. The molecule has 1 aliphatic carbocycles. The van der Waals surface area contributed by atoms with E-state index < -0.39 is 11.9 Å². The lowest BCUT2D eigenvalue weighted by Gasteiger charge is -2.21. The van der Waals surface area contributed by atoms with Gasteiger partial charge in [-0.05, 0) is 104 Å². The van der Waals surface area contributed by atoms with Crippen LogP contribution >= 0.6 is 0 Å². The maximum atomic E-state index is 12.3. The van der Waals surface area contributed by atoms with Crippen LogP contribution in [-0.2, 0) is 9.53 Å². The van der Waals surface area contributed by atoms with Gasteiger partial charge in [0.05, 0.1) is 18.8 Å². The normalized spacial score (nSPS) is 13.7. The summed E-state index contributed by atoms with van der Waals surface area (Å²) in [6.45, 7) is 0.951. The van der Waals surface area contributed by atoms with E-state index in [4.69, 9.17) is 25.7 Å². The van der Waals surface area contributed by atoms with E-state index in [0.717, 1.165) is 37.0 Å². The minimum atomic E-state index is -0.415. The average Bonchev–Trinajstić information content (AvgIpc) is 2.98. The van der Waals surface area contributed by atoms with Gasteiger partial charge in [-0.25, -0.2) is 9.59 Å². The molecule has 0 aliphatic heterocycles. The van der Waals surface area contributed by atoms with Crippen LogP contribution in [0.4, 0.5) is 11.4 Å².